The van der Waals surface area contributed by atoms with Crippen molar-refractivity contribution in [3.05, 3.63) is 22.4 Å². The molecule has 2 rings (SSSR count). The molecule has 0 radical (unpaired) electrons. The van der Waals surface area contributed by atoms with Crippen molar-refractivity contribution in [2.24, 2.45) is 0 Å². The van der Waals surface area contributed by atoms with Crippen molar-refractivity contribution in [2.75, 3.05) is 0 Å². The van der Waals surface area contributed by atoms with Crippen molar-refractivity contribution in [1.29, 1.82) is 0 Å². The van der Waals surface area contributed by atoms with Gasteiger partial charge >= 0.3 is 0 Å². The lowest BCUT2D eigenvalue weighted by molar-refractivity contribution is 1.23. The average molecular weight is 215 g/mol. The van der Waals surface area contributed by atoms with Gasteiger partial charge in [-0.1, -0.05) is 25.4 Å². The van der Waals surface area contributed by atoms with Crippen molar-refractivity contribution in [2.45, 2.75) is 20.8 Å². The number of halogens is 1. The van der Waals surface area contributed by atoms with E-state index in [-0.39, 0.29) is 0 Å². The van der Waals surface area contributed by atoms with Gasteiger partial charge in [-0.2, -0.15) is 0 Å². The lowest BCUT2D eigenvalue weighted by atomic mass is 10.3. The summed E-state index contributed by atoms with van der Waals surface area (Å²) in [5.74, 6) is 0. The third-order valence-corrected chi connectivity index (χ3v) is 2.80. The van der Waals surface area contributed by atoms with E-state index in [4.69, 9.17) is 11.6 Å². The van der Waals surface area contributed by atoms with Gasteiger partial charge in [0.2, 0.25) is 0 Å². The van der Waals surface area contributed by atoms with E-state index in [1.807, 2.05) is 26.2 Å². The third-order valence-electron chi connectivity index (χ3n) is 1.51. The van der Waals surface area contributed by atoms with Crippen LogP contribution in [0.3, 0.4) is 0 Å². The monoisotopic (exact) mass is 214 g/mol. The minimum Gasteiger partial charge on any atom is -0.225 e. The number of fused-ring (bicyclic) bond motifs is 1. The Morgan fingerprint density at radius 2 is 2.00 bits per heavy atom. The maximum atomic E-state index is 5.86. The molecule has 2 aromatic rings. The SMILES string of the molecule is CC.Cc1csc2ncnc(Cl)c12. The summed E-state index contributed by atoms with van der Waals surface area (Å²) in [4.78, 5) is 8.95. The van der Waals surface area contributed by atoms with Crippen LogP contribution in [0.5, 0.6) is 0 Å². The molecule has 0 amide bonds. The molecule has 0 bridgehead atoms. The van der Waals surface area contributed by atoms with Crippen molar-refractivity contribution in [3.63, 3.8) is 0 Å². The summed E-state index contributed by atoms with van der Waals surface area (Å²) in [7, 11) is 0. The summed E-state index contributed by atoms with van der Waals surface area (Å²) in [5, 5.41) is 3.57. The minimum absolute atomic E-state index is 0.550. The Bertz CT molecular complexity index is 397. The lowest BCUT2D eigenvalue weighted by Crippen LogP contribution is -1.79. The highest BCUT2D eigenvalue weighted by Gasteiger charge is 2.04. The van der Waals surface area contributed by atoms with Crippen LogP contribution in [0, 0.1) is 6.92 Å². The van der Waals surface area contributed by atoms with Crippen LogP contribution < -0.4 is 0 Å². The molecular weight excluding hydrogens is 204 g/mol. The first kappa shape index (κ1) is 10.4. The number of hydrogen-bond acceptors (Lipinski definition) is 3. The molecule has 2 aromatic heterocycles. The van der Waals surface area contributed by atoms with Crippen LogP contribution in [-0.2, 0) is 0 Å². The Morgan fingerprint density at radius 1 is 1.31 bits per heavy atom. The highest BCUT2D eigenvalue weighted by Crippen LogP contribution is 2.27. The van der Waals surface area contributed by atoms with Gasteiger partial charge < -0.3 is 0 Å². The molecule has 0 unspecified atom stereocenters. The molecule has 70 valence electrons. The van der Waals surface area contributed by atoms with Crippen molar-refractivity contribution >= 4 is 33.2 Å². The Labute approximate surface area is 86.6 Å². The van der Waals surface area contributed by atoms with Crippen LogP contribution in [0.4, 0.5) is 0 Å². The predicted molar refractivity (Wildman–Crippen MR) is 58.5 cm³/mol. The number of aromatic nitrogens is 2. The maximum Gasteiger partial charge on any atom is 0.141 e. The largest absolute Gasteiger partial charge is 0.225 e. The second kappa shape index (κ2) is 4.53. The van der Waals surface area contributed by atoms with E-state index in [2.05, 4.69) is 9.97 Å². The fourth-order valence-corrected chi connectivity index (χ4v) is 2.20. The van der Waals surface area contributed by atoms with E-state index in [1.54, 1.807) is 11.3 Å². The Morgan fingerprint density at radius 3 is 2.62 bits per heavy atom. The molecule has 0 spiro atoms. The summed E-state index contributed by atoms with van der Waals surface area (Å²) >= 11 is 7.45. The summed E-state index contributed by atoms with van der Waals surface area (Å²) in [6.07, 6.45) is 1.49. The van der Waals surface area contributed by atoms with E-state index in [1.165, 1.54) is 6.33 Å². The standard InChI is InChI=1S/C7H5ClN2S.C2H6/c1-4-2-11-7-5(4)6(8)9-3-10-7;1-2/h2-3H,1H3;1-2H3. The quantitative estimate of drug-likeness (QED) is 0.626. The van der Waals surface area contributed by atoms with Crippen molar-refractivity contribution in [3.8, 4) is 0 Å². The highest BCUT2D eigenvalue weighted by molar-refractivity contribution is 7.17. The van der Waals surface area contributed by atoms with E-state index in [0.29, 0.717) is 5.15 Å². The lowest BCUT2D eigenvalue weighted by Gasteiger charge is -1.91. The average Bonchev–Trinajstić information content (AvgIpc) is 2.53. The molecule has 0 atom stereocenters. The van der Waals surface area contributed by atoms with E-state index < -0.39 is 0 Å². The summed E-state index contributed by atoms with van der Waals surface area (Å²) < 4.78 is 0. The fraction of sp³-hybridized carbons (Fsp3) is 0.333. The van der Waals surface area contributed by atoms with Gasteiger partial charge in [-0.05, 0) is 17.9 Å². The number of rotatable bonds is 0. The van der Waals surface area contributed by atoms with Crippen LogP contribution in [0.15, 0.2) is 11.7 Å². The van der Waals surface area contributed by atoms with Gasteiger partial charge in [0.05, 0.1) is 5.39 Å². The molecule has 2 heterocycles. The smallest absolute Gasteiger partial charge is 0.141 e. The third kappa shape index (κ3) is 1.98. The molecule has 0 saturated heterocycles. The zero-order chi connectivity index (χ0) is 9.84. The number of nitrogens with zero attached hydrogens (tertiary/aromatic N) is 2. The van der Waals surface area contributed by atoms with Crippen molar-refractivity contribution < 1.29 is 0 Å². The zero-order valence-corrected chi connectivity index (χ0v) is 9.41. The van der Waals surface area contributed by atoms with Crippen LogP contribution in [0.1, 0.15) is 19.4 Å². The van der Waals surface area contributed by atoms with Crippen LogP contribution >= 0.6 is 22.9 Å². The van der Waals surface area contributed by atoms with Crippen LogP contribution in [-0.4, -0.2) is 9.97 Å². The Kier molecular flexibility index (Phi) is 3.63. The molecule has 13 heavy (non-hydrogen) atoms. The molecule has 0 aliphatic carbocycles. The van der Waals surface area contributed by atoms with Gasteiger partial charge in [0.15, 0.2) is 0 Å². The van der Waals surface area contributed by atoms with Gasteiger partial charge in [-0.25, -0.2) is 9.97 Å². The summed E-state index contributed by atoms with van der Waals surface area (Å²) in [5.41, 5.74) is 1.15. The number of thiophene rings is 1. The van der Waals surface area contributed by atoms with Gasteiger partial charge in [0, 0.05) is 0 Å². The van der Waals surface area contributed by atoms with Crippen molar-refractivity contribution in [1.82, 2.24) is 9.97 Å². The Balaban J connectivity index is 0.000000396. The van der Waals surface area contributed by atoms with Gasteiger partial charge in [-0.15, -0.1) is 11.3 Å². The predicted octanol–water partition coefficient (Wildman–Crippen LogP) is 3.68. The van der Waals surface area contributed by atoms with E-state index in [9.17, 15) is 0 Å². The summed E-state index contributed by atoms with van der Waals surface area (Å²) in [6.45, 7) is 6.01. The molecule has 2 nitrogen and oxygen atoms in total. The number of hydrogen-bond donors (Lipinski definition) is 0. The molecule has 0 aliphatic heterocycles. The van der Waals surface area contributed by atoms with E-state index >= 15 is 0 Å². The second-order valence-corrected chi connectivity index (χ2v) is 3.48. The second-order valence-electron chi connectivity index (χ2n) is 2.26. The molecule has 0 N–H and O–H groups in total. The molecule has 0 aliphatic rings. The molecule has 0 aromatic carbocycles. The topological polar surface area (TPSA) is 25.8 Å². The molecule has 0 saturated carbocycles. The molecule has 0 fully saturated rings. The first-order chi connectivity index (χ1) is 6.29. The van der Waals surface area contributed by atoms with Crippen LogP contribution in [0.25, 0.3) is 10.2 Å². The Hall–Kier alpha value is -0.670. The normalized spacial score (nSPS) is 9.54. The fourth-order valence-electron chi connectivity index (χ4n) is 0.973. The maximum absolute atomic E-state index is 5.86. The van der Waals surface area contributed by atoms with E-state index in [0.717, 1.165) is 15.8 Å². The van der Waals surface area contributed by atoms with Gasteiger partial charge in [-0.3, -0.25) is 0 Å². The van der Waals surface area contributed by atoms with Gasteiger partial charge in [0.1, 0.15) is 16.3 Å². The van der Waals surface area contributed by atoms with Crippen LogP contribution in [0.2, 0.25) is 5.15 Å². The summed E-state index contributed by atoms with van der Waals surface area (Å²) in [6, 6.07) is 0. The molecule has 4 heteroatoms. The molecular formula is C9H11ClN2S. The first-order valence-electron chi connectivity index (χ1n) is 4.13. The van der Waals surface area contributed by atoms with Gasteiger partial charge in [0.25, 0.3) is 0 Å². The first-order valence-corrected chi connectivity index (χ1v) is 5.39. The minimum atomic E-state index is 0.550. The highest BCUT2D eigenvalue weighted by atomic mass is 35.5. The number of aryl methyl sites for hydroxylation is 1. The zero-order valence-electron chi connectivity index (χ0n) is 7.84.